The summed E-state index contributed by atoms with van der Waals surface area (Å²) >= 11 is 0. The number of rotatable bonds is 3. The van der Waals surface area contributed by atoms with Crippen molar-refractivity contribution in [1.82, 2.24) is 0 Å². The molecule has 3 rings (SSSR count). The Labute approximate surface area is 115 Å². The van der Waals surface area contributed by atoms with E-state index in [1.54, 1.807) is 24.3 Å². The molecule has 0 spiro atoms. The van der Waals surface area contributed by atoms with Crippen LogP contribution in [0.2, 0.25) is 0 Å². The van der Waals surface area contributed by atoms with Crippen molar-refractivity contribution in [3.8, 4) is 5.75 Å². The van der Waals surface area contributed by atoms with E-state index in [1.807, 2.05) is 23.1 Å². The Balaban J connectivity index is 1.91. The molecule has 0 unspecified atom stereocenters. The molecule has 0 fully saturated rings. The van der Waals surface area contributed by atoms with Crippen LogP contribution in [0, 0.1) is 0 Å². The molecule has 0 aliphatic carbocycles. The Bertz CT molecular complexity index is 631. The first-order valence-corrected chi connectivity index (χ1v) is 6.30. The summed E-state index contributed by atoms with van der Waals surface area (Å²) in [5, 5.41) is 0. The number of ether oxygens (including phenoxy) is 1. The van der Waals surface area contributed by atoms with E-state index in [0.717, 1.165) is 16.8 Å². The molecule has 104 valence electrons. The fourth-order valence-electron chi connectivity index (χ4n) is 2.53. The molecule has 3 nitrogen and oxygen atoms in total. The summed E-state index contributed by atoms with van der Waals surface area (Å²) in [7, 11) is 0. The van der Waals surface area contributed by atoms with E-state index >= 15 is 0 Å². The van der Waals surface area contributed by atoms with Crippen LogP contribution in [0.5, 0.6) is 5.75 Å². The van der Waals surface area contributed by atoms with Crippen molar-refractivity contribution < 1.29 is 13.5 Å². The van der Waals surface area contributed by atoms with Gasteiger partial charge in [0.05, 0.1) is 5.69 Å². The Morgan fingerprint density at radius 2 is 1.85 bits per heavy atom. The van der Waals surface area contributed by atoms with E-state index in [-0.39, 0.29) is 5.75 Å². The van der Waals surface area contributed by atoms with Gasteiger partial charge >= 0.3 is 6.61 Å². The van der Waals surface area contributed by atoms with Gasteiger partial charge in [0.1, 0.15) is 5.75 Å². The monoisotopic (exact) mass is 276 g/mol. The summed E-state index contributed by atoms with van der Waals surface area (Å²) in [5.74, 6) is 0.189. The number of alkyl halides is 2. The summed E-state index contributed by atoms with van der Waals surface area (Å²) in [6.45, 7) is -1.58. The van der Waals surface area contributed by atoms with E-state index in [9.17, 15) is 8.78 Å². The molecule has 0 saturated carbocycles. The van der Waals surface area contributed by atoms with Crippen LogP contribution in [0.3, 0.4) is 0 Å². The smallest absolute Gasteiger partial charge is 0.387 e. The third-order valence-corrected chi connectivity index (χ3v) is 3.44. The SMILES string of the molecule is Nc1cccc2c1CN(c1ccccc1OC(F)F)C2. The normalized spacial score (nSPS) is 13.7. The highest BCUT2D eigenvalue weighted by atomic mass is 19.3. The fraction of sp³-hybridized carbons (Fsp3) is 0.200. The van der Waals surface area contributed by atoms with Crippen molar-refractivity contribution in [2.75, 3.05) is 10.6 Å². The minimum atomic E-state index is -2.83. The molecule has 0 saturated heterocycles. The van der Waals surface area contributed by atoms with Gasteiger partial charge in [-0.1, -0.05) is 24.3 Å². The number of halogens is 2. The second-order valence-corrected chi connectivity index (χ2v) is 4.69. The maximum atomic E-state index is 12.5. The molecule has 20 heavy (non-hydrogen) atoms. The molecule has 5 heteroatoms. The van der Waals surface area contributed by atoms with Crippen molar-refractivity contribution in [3.05, 3.63) is 53.6 Å². The molecule has 0 bridgehead atoms. The summed E-state index contributed by atoms with van der Waals surface area (Å²) in [6, 6.07) is 12.6. The lowest BCUT2D eigenvalue weighted by Crippen LogP contribution is -2.16. The lowest BCUT2D eigenvalue weighted by molar-refractivity contribution is -0.0495. The summed E-state index contributed by atoms with van der Waals surface area (Å²) < 4.78 is 29.5. The average Bonchev–Trinajstić information content (AvgIpc) is 2.84. The number of fused-ring (bicyclic) bond motifs is 1. The minimum absolute atomic E-state index is 0.189. The van der Waals surface area contributed by atoms with Crippen LogP contribution >= 0.6 is 0 Å². The topological polar surface area (TPSA) is 38.5 Å². The lowest BCUT2D eigenvalue weighted by Gasteiger charge is -2.21. The molecule has 0 atom stereocenters. The third kappa shape index (κ3) is 2.27. The quantitative estimate of drug-likeness (QED) is 0.873. The van der Waals surface area contributed by atoms with Crippen LogP contribution in [0.4, 0.5) is 20.2 Å². The molecule has 2 aromatic carbocycles. The number of hydrogen-bond acceptors (Lipinski definition) is 3. The molecular weight excluding hydrogens is 262 g/mol. The molecule has 2 N–H and O–H groups in total. The van der Waals surface area contributed by atoms with E-state index in [0.29, 0.717) is 18.8 Å². The number of anilines is 2. The van der Waals surface area contributed by atoms with Crippen LogP contribution in [-0.4, -0.2) is 6.61 Å². The zero-order valence-electron chi connectivity index (χ0n) is 10.7. The van der Waals surface area contributed by atoms with Gasteiger partial charge in [0.25, 0.3) is 0 Å². The highest BCUT2D eigenvalue weighted by Crippen LogP contribution is 2.36. The van der Waals surface area contributed by atoms with Gasteiger partial charge < -0.3 is 15.4 Å². The zero-order chi connectivity index (χ0) is 14.1. The van der Waals surface area contributed by atoms with E-state index in [1.165, 1.54) is 0 Å². The number of para-hydroxylation sites is 2. The minimum Gasteiger partial charge on any atom is -0.433 e. The number of nitrogens with zero attached hydrogens (tertiary/aromatic N) is 1. The van der Waals surface area contributed by atoms with Crippen molar-refractivity contribution in [2.45, 2.75) is 19.7 Å². The maximum Gasteiger partial charge on any atom is 0.387 e. The molecule has 0 amide bonds. The molecule has 0 radical (unpaired) electrons. The number of nitrogens with two attached hydrogens (primary N) is 1. The zero-order valence-corrected chi connectivity index (χ0v) is 10.7. The Morgan fingerprint density at radius 1 is 1.05 bits per heavy atom. The van der Waals surface area contributed by atoms with Gasteiger partial charge in [0.2, 0.25) is 0 Å². The van der Waals surface area contributed by atoms with E-state index in [2.05, 4.69) is 4.74 Å². The number of nitrogen functional groups attached to an aromatic ring is 1. The van der Waals surface area contributed by atoms with Gasteiger partial charge in [0, 0.05) is 18.8 Å². The van der Waals surface area contributed by atoms with Crippen molar-refractivity contribution in [1.29, 1.82) is 0 Å². The number of benzene rings is 2. The highest BCUT2D eigenvalue weighted by Gasteiger charge is 2.23. The molecule has 2 aromatic rings. The van der Waals surface area contributed by atoms with Gasteiger partial charge in [-0.25, -0.2) is 0 Å². The maximum absolute atomic E-state index is 12.5. The predicted octanol–water partition coefficient (Wildman–Crippen LogP) is 3.39. The van der Waals surface area contributed by atoms with Gasteiger partial charge in [-0.2, -0.15) is 8.78 Å². The first-order valence-electron chi connectivity index (χ1n) is 6.30. The van der Waals surface area contributed by atoms with Gasteiger partial charge in [-0.05, 0) is 29.3 Å². The second kappa shape index (κ2) is 5.00. The van der Waals surface area contributed by atoms with Crippen molar-refractivity contribution in [3.63, 3.8) is 0 Å². The molecular formula is C15H14F2N2O. The molecule has 1 aliphatic heterocycles. The van der Waals surface area contributed by atoms with Crippen LogP contribution in [0.15, 0.2) is 42.5 Å². The van der Waals surface area contributed by atoms with Crippen LogP contribution < -0.4 is 15.4 Å². The van der Waals surface area contributed by atoms with E-state index in [4.69, 9.17) is 5.73 Å². The predicted molar refractivity (Wildman–Crippen MR) is 73.8 cm³/mol. The first kappa shape index (κ1) is 12.7. The highest BCUT2D eigenvalue weighted by molar-refractivity contribution is 5.64. The van der Waals surface area contributed by atoms with Crippen LogP contribution in [0.1, 0.15) is 11.1 Å². The number of hydrogen-bond donors (Lipinski definition) is 1. The van der Waals surface area contributed by atoms with Gasteiger partial charge in [0.15, 0.2) is 0 Å². The second-order valence-electron chi connectivity index (χ2n) is 4.69. The Morgan fingerprint density at radius 3 is 2.60 bits per heavy atom. The summed E-state index contributed by atoms with van der Waals surface area (Å²) in [4.78, 5) is 1.98. The van der Waals surface area contributed by atoms with Gasteiger partial charge in [-0.3, -0.25) is 0 Å². The third-order valence-electron chi connectivity index (χ3n) is 3.44. The molecule has 1 heterocycles. The van der Waals surface area contributed by atoms with Crippen LogP contribution in [0.25, 0.3) is 0 Å². The Kier molecular flexibility index (Phi) is 3.18. The fourth-order valence-corrected chi connectivity index (χ4v) is 2.53. The standard InChI is InChI=1S/C15H14F2N2O/c16-15(17)20-14-7-2-1-6-13(14)19-8-10-4-3-5-12(18)11(10)9-19/h1-7,15H,8-9,18H2. The van der Waals surface area contributed by atoms with E-state index < -0.39 is 6.61 Å². The van der Waals surface area contributed by atoms with Crippen molar-refractivity contribution in [2.24, 2.45) is 0 Å². The van der Waals surface area contributed by atoms with Crippen LogP contribution in [-0.2, 0) is 13.1 Å². The Hall–Kier alpha value is -2.30. The lowest BCUT2D eigenvalue weighted by atomic mass is 10.1. The molecule has 1 aliphatic rings. The average molecular weight is 276 g/mol. The summed E-state index contributed by atoms with van der Waals surface area (Å²) in [5.41, 5.74) is 9.52. The first-order chi connectivity index (χ1) is 9.65. The van der Waals surface area contributed by atoms with Crippen molar-refractivity contribution >= 4 is 11.4 Å². The summed E-state index contributed by atoms with van der Waals surface area (Å²) in [6.07, 6.45) is 0. The molecule has 0 aromatic heterocycles. The van der Waals surface area contributed by atoms with Gasteiger partial charge in [-0.15, -0.1) is 0 Å². The largest absolute Gasteiger partial charge is 0.433 e.